The summed E-state index contributed by atoms with van der Waals surface area (Å²) in [7, 11) is 1.54. The second-order valence-corrected chi connectivity index (χ2v) is 2.12. The maximum atomic E-state index is 12.1. The average Bonchev–Trinajstić information content (AvgIpc) is 2.34. The molecular weight excluding hydrogens is 173 g/mol. The van der Waals surface area contributed by atoms with Gasteiger partial charge in [-0.2, -0.15) is 0 Å². The first-order valence-corrected chi connectivity index (χ1v) is 3.16. The molecule has 0 spiro atoms. The minimum Gasteiger partial charge on any atom is -0.313 e. The molecule has 1 aromatic rings. The van der Waals surface area contributed by atoms with Crippen LogP contribution in [0, 0.1) is 0 Å². The van der Waals surface area contributed by atoms with E-state index < -0.39 is 6.30 Å². The number of nitrogens with one attached hydrogen (secondary N) is 1. The van der Waals surface area contributed by atoms with Crippen LogP contribution in [0.25, 0.3) is 0 Å². The Labute approximate surface area is 66.4 Å². The quantitative estimate of drug-likeness (QED) is 0.719. The molecule has 12 heavy (non-hydrogen) atoms. The SMILES string of the molecule is CNCc1nncn1C(F)(F)F. The van der Waals surface area contributed by atoms with Crippen molar-refractivity contribution in [1.82, 2.24) is 20.1 Å². The first kappa shape index (κ1) is 8.98. The van der Waals surface area contributed by atoms with E-state index in [1.807, 2.05) is 0 Å². The molecule has 0 aliphatic carbocycles. The summed E-state index contributed by atoms with van der Waals surface area (Å²) in [6.07, 6.45) is -3.79. The Balaban J connectivity index is 2.91. The van der Waals surface area contributed by atoms with Gasteiger partial charge in [0.25, 0.3) is 0 Å². The summed E-state index contributed by atoms with van der Waals surface area (Å²) in [5.74, 6) is -0.148. The van der Waals surface area contributed by atoms with Gasteiger partial charge in [0.1, 0.15) is 6.33 Å². The van der Waals surface area contributed by atoms with E-state index in [1.54, 1.807) is 0 Å². The molecule has 7 heteroatoms. The summed E-state index contributed by atoms with van der Waals surface area (Å²) in [4.78, 5) is 0. The lowest BCUT2D eigenvalue weighted by atomic mass is 10.6. The van der Waals surface area contributed by atoms with E-state index in [0.29, 0.717) is 6.33 Å². The third-order valence-electron chi connectivity index (χ3n) is 1.23. The van der Waals surface area contributed by atoms with Crippen molar-refractivity contribution in [3.05, 3.63) is 12.2 Å². The fraction of sp³-hybridized carbons (Fsp3) is 0.600. The molecule has 1 rings (SSSR count). The zero-order valence-corrected chi connectivity index (χ0v) is 6.26. The highest BCUT2D eigenvalue weighted by Gasteiger charge is 2.33. The van der Waals surface area contributed by atoms with Crippen LogP contribution in [0.5, 0.6) is 0 Å². The Kier molecular flexibility index (Phi) is 2.32. The van der Waals surface area contributed by atoms with Gasteiger partial charge in [-0.3, -0.25) is 0 Å². The van der Waals surface area contributed by atoms with Crippen LogP contribution in [-0.4, -0.2) is 21.8 Å². The molecule has 1 N–H and O–H groups in total. The van der Waals surface area contributed by atoms with Crippen molar-refractivity contribution in [3.8, 4) is 0 Å². The van der Waals surface area contributed by atoms with Crippen LogP contribution < -0.4 is 5.32 Å². The molecule has 0 saturated carbocycles. The van der Waals surface area contributed by atoms with Gasteiger partial charge in [-0.05, 0) is 7.05 Å². The van der Waals surface area contributed by atoms with Gasteiger partial charge in [-0.1, -0.05) is 0 Å². The Morgan fingerprint density at radius 2 is 2.25 bits per heavy atom. The summed E-state index contributed by atoms with van der Waals surface area (Å²) < 4.78 is 36.3. The smallest absolute Gasteiger partial charge is 0.313 e. The van der Waals surface area contributed by atoms with E-state index in [-0.39, 0.29) is 16.9 Å². The van der Waals surface area contributed by atoms with Crippen LogP contribution in [-0.2, 0) is 12.8 Å². The molecule has 0 unspecified atom stereocenters. The lowest BCUT2D eigenvalue weighted by Gasteiger charge is -2.08. The molecule has 0 radical (unpaired) electrons. The fourth-order valence-electron chi connectivity index (χ4n) is 0.749. The zero-order chi connectivity index (χ0) is 9.19. The normalized spacial score (nSPS) is 12.0. The van der Waals surface area contributed by atoms with Crippen molar-refractivity contribution < 1.29 is 13.2 Å². The largest absolute Gasteiger partial charge is 0.491 e. The molecule has 68 valence electrons. The molecule has 4 nitrogen and oxygen atoms in total. The number of hydrogen-bond acceptors (Lipinski definition) is 3. The lowest BCUT2D eigenvalue weighted by molar-refractivity contribution is -0.205. The molecular formula is C5H7F3N4. The van der Waals surface area contributed by atoms with E-state index in [9.17, 15) is 13.2 Å². The summed E-state index contributed by atoms with van der Waals surface area (Å²) >= 11 is 0. The number of aromatic nitrogens is 3. The molecule has 0 fully saturated rings. The van der Waals surface area contributed by atoms with Gasteiger partial charge in [0, 0.05) is 0 Å². The topological polar surface area (TPSA) is 42.7 Å². The number of nitrogens with zero attached hydrogens (tertiary/aromatic N) is 3. The highest BCUT2D eigenvalue weighted by Crippen LogP contribution is 2.22. The number of halogens is 3. The molecule has 0 aliphatic rings. The van der Waals surface area contributed by atoms with Crippen LogP contribution in [0.1, 0.15) is 5.82 Å². The third kappa shape index (κ3) is 1.73. The Morgan fingerprint density at radius 1 is 1.58 bits per heavy atom. The fourth-order valence-corrected chi connectivity index (χ4v) is 0.749. The van der Waals surface area contributed by atoms with Gasteiger partial charge in [-0.25, -0.2) is 4.57 Å². The number of alkyl halides is 3. The monoisotopic (exact) mass is 180 g/mol. The standard InChI is InChI=1S/C5H7F3N4/c1-9-2-4-11-10-3-12(4)5(6,7)8/h3,9H,2H2,1H3. The molecule has 0 aromatic carbocycles. The van der Waals surface area contributed by atoms with Gasteiger partial charge in [-0.15, -0.1) is 23.4 Å². The zero-order valence-electron chi connectivity index (χ0n) is 6.26. The predicted molar refractivity (Wildman–Crippen MR) is 34.1 cm³/mol. The van der Waals surface area contributed by atoms with Gasteiger partial charge >= 0.3 is 6.30 Å². The van der Waals surface area contributed by atoms with Crippen LogP contribution in [0.15, 0.2) is 6.33 Å². The lowest BCUT2D eigenvalue weighted by Crippen LogP contribution is -2.21. The van der Waals surface area contributed by atoms with Crippen molar-refractivity contribution in [1.29, 1.82) is 0 Å². The maximum Gasteiger partial charge on any atom is 0.491 e. The van der Waals surface area contributed by atoms with Crippen molar-refractivity contribution >= 4 is 0 Å². The van der Waals surface area contributed by atoms with Crippen LogP contribution in [0.4, 0.5) is 13.2 Å². The van der Waals surface area contributed by atoms with Crippen molar-refractivity contribution in [2.75, 3.05) is 7.05 Å². The number of rotatable bonds is 2. The highest BCUT2D eigenvalue weighted by molar-refractivity contribution is 4.86. The summed E-state index contributed by atoms with van der Waals surface area (Å²) in [6, 6.07) is 0. The molecule has 0 amide bonds. The van der Waals surface area contributed by atoms with Crippen molar-refractivity contribution in [2.45, 2.75) is 12.8 Å². The van der Waals surface area contributed by atoms with E-state index in [2.05, 4.69) is 15.5 Å². The van der Waals surface area contributed by atoms with Gasteiger partial charge < -0.3 is 5.32 Å². The average molecular weight is 180 g/mol. The van der Waals surface area contributed by atoms with Gasteiger partial charge in [0.05, 0.1) is 6.54 Å². The van der Waals surface area contributed by atoms with Crippen molar-refractivity contribution in [3.63, 3.8) is 0 Å². The van der Waals surface area contributed by atoms with Crippen LogP contribution >= 0.6 is 0 Å². The third-order valence-corrected chi connectivity index (χ3v) is 1.23. The van der Waals surface area contributed by atoms with E-state index >= 15 is 0 Å². The molecule has 0 atom stereocenters. The highest BCUT2D eigenvalue weighted by atomic mass is 19.4. The Morgan fingerprint density at radius 3 is 2.75 bits per heavy atom. The first-order chi connectivity index (χ1) is 5.55. The minimum atomic E-state index is -4.43. The summed E-state index contributed by atoms with van der Waals surface area (Å²) in [5.41, 5.74) is 0. The summed E-state index contributed by atoms with van der Waals surface area (Å²) in [6.45, 7) is 0.0412. The summed E-state index contributed by atoms with van der Waals surface area (Å²) in [5, 5.41) is 9.02. The van der Waals surface area contributed by atoms with Crippen LogP contribution in [0.3, 0.4) is 0 Å². The molecule has 0 bridgehead atoms. The predicted octanol–water partition coefficient (Wildman–Crippen LogP) is 0.474. The Hall–Kier alpha value is -1.11. The molecule has 1 aromatic heterocycles. The second-order valence-electron chi connectivity index (χ2n) is 2.12. The van der Waals surface area contributed by atoms with Crippen molar-refractivity contribution in [2.24, 2.45) is 0 Å². The van der Waals surface area contributed by atoms with E-state index in [4.69, 9.17) is 0 Å². The van der Waals surface area contributed by atoms with E-state index in [1.165, 1.54) is 7.05 Å². The Bertz CT molecular complexity index is 253. The van der Waals surface area contributed by atoms with Crippen LogP contribution in [0.2, 0.25) is 0 Å². The van der Waals surface area contributed by atoms with E-state index in [0.717, 1.165) is 0 Å². The van der Waals surface area contributed by atoms with Gasteiger partial charge in [0.15, 0.2) is 5.82 Å². The van der Waals surface area contributed by atoms with Gasteiger partial charge in [0.2, 0.25) is 0 Å². The second kappa shape index (κ2) is 3.10. The maximum absolute atomic E-state index is 12.1. The molecule has 0 saturated heterocycles. The molecule has 0 aliphatic heterocycles. The molecule has 1 heterocycles. The first-order valence-electron chi connectivity index (χ1n) is 3.16. The number of hydrogen-bond donors (Lipinski definition) is 1. The minimum absolute atomic E-state index is 0.0412.